The summed E-state index contributed by atoms with van der Waals surface area (Å²) in [4.78, 5) is 13.6. The highest BCUT2D eigenvalue weighted by molar-refractivity contribution is 5.97. The quantitative estimate of drug-likeness (QED) is 0.819. The molecule has 1 aliphatic heterocycles. The molecule has 1 aromatic carbocycles. The smallest absolute Gasteiger partial charge is 0.163 e. The predicted octanol–water partition coefficient (Wildman–Crippen LogP) is 2.47. The Morgan fingerprint density at radius 2 is 2.24 bits per heavy atom. The largest absolute Gasteiger partial charge is 0.507 e. The van der Waals surface area contributed by atoms with Crippen LogP contribution in [0.1, 0.15) is 49.0 Å². The number of halogens is 1. The summed E-state index contributed by atoms with van der Waals surface area (Å²) in [6.45, 7) is 4.30. The molecule has 0 aromatic heterocycles. The minimum atomic E-state index is -0.515. The minimum absolute atomic E-state index is 0.0243. The van der Waals surface area contributed by atoms with E-state index in [1.807, 2.05) is 0 Å². The summed E-state index contributed by atoms with van der Waals surface area (Å²) < 4.78 is 13.6. The maximum atomic E-state index is 13.6. The number of nitrogens with zero attached hydrogens (tertiary/aromatic N) is 1. The average molecular weight is 295 g/mol. The average Bonchev–Trinajstić information content (AvgIpc) is 2.79. The lowest BCUT2D eigenvalue weighted by Crippen LogP contribution is -2.31. The molecule has 1 aromatic rings. The van der Waals surface area contributed by atoms with Gasteiger partial charge < -0.3 is 10.2 Å². The van der Waals surface area contributed by atoms with E-state index >= 15 is 0 Å². The maximum Gasteiger partial charge on any atom is 0.163 e. The summed E-state index contributed by atoms with van der Waals surface area (Å²) in [6.07, 6.45) is 2.29. The summed E-state index contributed by atoms with van der Waals surface area (Å²) in [5.41, 5.74) is 0.453. The van der Waals surface area contributed by atoms with Gasteiger partial charge in [0, 0.05) is 18.2 Å². The van der Waals surface area contributed by atoms with Gasteiger partial charge in [-0.2, -0.15) is 0 Å². The van der Waals surface area contributed by atoms with E-state index in [1.54, 1.807) is 6.92 Å². The Bertz CT molecular complexity index is 530. The number of likely N-dealkylation sites (tertiary alicyclic amines) is 1. The fourth-order valence-corrected chi connectivity index (χ4v) is 3.03. The van der Waals surface area contributed by atoms with Crippen LogP contribution in [0.2, 0.25) is 0 Å². The van der Waals surface area contributed by atoms with Gasteiger partial charge in [-0.05, 0) is 51.8 Å². The zero-order valence-corrected chi connectivity index (χ0v) is 12.5. The topological polar surface area (TPSA) is 60.8 Å². The Hall–Kier alpha value is -1.46. The van der Waals surface area contributed by atoms with E-state index in [0.29, 0.717) is 18.5 Å². The summed E-state index contributed by atoms with van der Waals surface area (Å²) >= 11 is 0. The first-order valence-corrected chi connectivity index (χ1v) is 7.33. The normalized spacial score (nSPS) is 20.7. The van der Waals surface area contributed by atoms with Crippen LogP contribution in [-0.2, 0) is 6.54 Å². The number of aliphatic hydroxyl groups excluding tert-OH is 1. The maximum absolute atomic E-state index is 13.6. The number of carbonyl (C=O) groups excluding carboxylic acids is 1. The van der Waals surface area contributed by atoms with Gasteiger partial charge in [0.1, 0.15) is 11.6 Å². The highest BCUT2D eigenvalue weighted by atomic mass is 19.1. The molecular weight excluding hydrogens is 273 g/mol. The lowest BCUT2D eigenvalue weighted by Gasteiger charge is -2.26. The molecule has 2 rings (SSSR count). The fraction of sp³-hybridized carbons (Fsp3) is 0.562. The number of aliphatic hydroxyl groups is 1. The third kappa shape index (κ3) is 3.80. The van der Waals surface area contributed by atoms with Crippen LogP contribution in [-0.4, -0.2) is 39.6 Å². The van der Waals surface area contributed by atoms with Crippen molar-refractivity contribution >= 4 is 5.78 Å². The Morgan fingerprint density at radius 3 is 2.86 bits per heavy atom. The number of phenolic OH excluding ortho intramolecular Hbond substituents is 1. The molecule has 1 fully saturated rings. The van der Waals surface area contributed by atoms with Crippen LogP contribution in [0.15, 0.2) is 12.1 Å². The van der Waals surface area contributed by atoms with E-state index in [-0.39, 0.29) is 29.2 Å². The minimum Gasteiger partial charge on any atom is -0.507 e. The van der Waals surface area contributed by atoms with Gasteiger partial charge in [-0.25, -0.2) is 4.39 Å². The van der Waals surface area contributed by atoms with Gasteiger partial charge in [-0.3, -0.25) is 9.69 Å². The van der Waals surface area contributed by atoms with Gasteiger partial charge in [0.15, 0.2) is 5.78 Å². The first kappa shape index (κ1) is 15.9. The SMILES string of the molecule is CC(=O)c1cc(F)cc(CN2CCCC2CC(C)O)c1O. The Kier molecular flexibility index (Phi) is 4.96. The molecular formula is C16H22FNO3. The van der Waals surface area contributed by atoms with Crippen molar-refractivity contribution in [2.24, 2.45) is 0 Å². The van der Waals surface area contributed by atoms with Crippen LogP contribution in [0, 0.1) is 5.82 Å². The first-order chi connectivity index (χ1) is 9.88. The molecule has 1 heterocycles. The van der Waals surface area contributed by atoms with Crippen molar-refractivity contribution in [3.63, 3.8) is 0 Å². The molecule has 2 N–H and O–H groups in total. The van der Waals surface area contributed by atoms with Crippen LogP contribution in [0.3, 0.4) is 0 Å². The third-order valence-corrected chi connectivity index (χ3v) is 4.02. The van der Waals surface area contributed by atoms with Gasteiger partial charge in [0.25, 0.3) is 0 Å². The number of benzene rings is 1. The van der Waals surface area contributed by atoms with Crippen LogP contribution < -0.4 is 0 Å². The standard InChI is InChI=1S/C16H22FNO3/c1-10(19)6-14-4-3-5-18(14)9-12-7-13(17)8-15(11(2)20)16(12)21/h7-8,10,14,19,21H,3-6,9H2,1-2H3. The number of ketones is 1. The summed E-state index contributed by atoms with van der Waals surface area (Å²) in [5.74, 6) is -0.999. The highest BCUT2D eigenvalue weighted by Gasteiger charge is 2.27. The third-order valence-electron chi connectivity index (χ3n) is 4.02. The number of rotatable bonds is 5. The van der Waals surface area contributed by atoms with Crippen molar-refractivity contribution in [1.82, 2.24) is 4.90 Å². The van der Waals surface area contributed by atoms with Crippen molar-refractivity contribution in [3.8, 4) is 5.75 Å². The van der Waals surface area contributed by atoms with Crippen LogP contribution in [0.25, 0.3) is 0 Å². The second-order valence-corrected chi connectivity index (χ2v) is 5.87. The molecule has 5 heteroatoms. The van der Waals surface area contributed by atoms with Crippen molar-refractivity contribution in [1.29, 1.82) is 0 Å². The molecule has 0 bridgehead atoms. The second-order valence-electron chi connectivity index (χ2n) is 5.87. The number of aromatic hydroxyl groups is 1. The monoisotopic (exact) mass is 295 g/mol. The molecule has 0 spiro atoms. The zero-order chi connectivity index (χ0) is 15.6. The van der Waals surface area contributed by atoms with Gasteiger partial charge >= 0.3 is 0 Å². The molecule has 4 nitrogen and oxygen atoms in total. The number of hydrogen-bond donors (Lipinski definition) is 2. The van der Waals surface area contributed by atoms with E-state index in [4.69, 9.17) is 0 Å². The van der Waals surface area contributed by atoms with E-state index in [9.17, 15) is 19.4 Å². The van der Waals surface area contributed by atoms with Crippen molar-refractivity contribution in [3.05, 3.63) is 29.1 Å². The fourth-order valence-electron chi connectivity index (χ4n) is 3.03. The molecule has 1 saturated heterocycles. The predicted molar refractivity (Wildman–Crippen MR) is 77.8 cm³/mol. The molecule has 1 aliphatic rings. The van der Waals surface area contributed by atoms with Gasteiger partial charge in [0.05, 0.1) is 11.7 Å². The zero-order valence-electron chi connectivity index (χ0n) is 12.5. The Labute approximate surface area is 124 Å². The van der Waals surface area contributed by atoms with Crippen LogP contribution in [0.4, 0.5) is 4.39 Å². The van der Waals surface area contributed by atoms with Crippen LogP contribution in [0.5, 0.6) is 5.75 Å². The first-order valence-electron chi connectivity index (χ1n) is 7.33. The van der Waals surface area contributed by atoms with Crippen molar-refractivity contribution < 1.29 is 19.4 Å². The lowest BCUT2D eigenvalue weighted by atomic mass is 10.0. The summed E-state index contributed by atoms with van der Waals surface area (Å²) in [7, 11) is 0. The summed E-state index contributed by atoms with van der Waals surface area (Å²) in [6, 6.07) is 2.58. The van der Waals surface area contributed by atoms with Gasteiger partial charge in [-0.1, -0.05) is 0 Å². The molecule has 2 atom stereocenters. The number of carbonyl (C=O) groups is 1. The highest BCUT2D eigenvalue weighted by Crippen LogP contribution is 2.30. The molecule has 116 valence electrons. The Morgan fingerprint density at radius 1 is 1.52 bits per heavy atom. The number of phenols is 1. The van der Waals surface area contributed by atoms with Crippen LogP contribution >= 0.6 is 0 Å². The number of hydrogen-bond acceptors (Lipinski definition) is 4. The van der Waals surface area contributed by atoms with E-state index < -0.39 is 5.82 Å². The van der Waals surface area contributed by atoms with Gasteiger partial charge in [-0.15, -0.1) is 0 Å². The van der Waals surface area contributed by atoms with Crippen molar-refractivity contribution in [2.45, 2.75) is 51.8 Å². The molecule has 0 radical (unpaired) electrons. The second kappa shape index (κ2) is 6.54. The Balaban J connectivity index is 2.21. The molecule has 21 heavy (non-hydrogen) atoms. The van der Waals surface area contributed by atoms with Crippen molar-refractivity contribution in [2.75, 3.05) is 6.54 Å². The molecule has 0 saturated carbocycles. The van der Waals surface area contributed by atoms with E-state index in [1.165, 1.54) is 13.0 Å². The van der Waals surface area contributed by atoms with E-state index in [0.717, 1.165) is 25.5 Å². The summed E-state index contributed by atoms with van der Waals surface area (Å²) in [5, 5.41) is 19.7. The molecule has 0 aliphatic carbocycles. The molecule has 2 unspecified atom stereocenters. The lowest BCUT2D eigenvalue weighted by molar-refractivity contribution is 0.101. The van der Waals surface area contributed by atoms with E-state index in [2.05, 4.69) is 4.90 Å². The molecule has 0 amide bonds. The number of Topliss-reactive ketones (excluding diaryl/α,β-unsaturated/α-hetero) is 1. The van der Waals surface area contributed by atoms with Gasteiger partial charge in [0.2, 0.25) is 0 Å².